The van der Waals surface area contributed by atoms with E-state index < -0.39 is 0 Å². The normalized spacial score (nSPS) is 16.7. The third kappa shape index (κ3) is 2.84. The molecule has 1 atom stereocenters. The highest BCUT2D eigenvalue weighted by molar-refractivity contribution is 5.57. The zero-order chi connectivity index (χ0) is 11.2. The van der Waals surface area contributed by atoms with Gasteiger partial charge in [0.15, 0.2) is 0 Å². The van der Waals surface area contributed by atoms with Crippen LogP contribution in [0.15, 0.2) is 35.3 Å². The summed E-state index contributed by atoms with van der Waals surface area (Å²) in [6, 6.07) is 11.4. The van der Waals surface area contributed by atoms with Gasteiger partial charge in [0.25, 0.3) is 0 Å². The van der Waals surface area contributed by atoms with Crippen LogP contribution >= 0.6 is 0 Å². The Morgan fingerprint density at radius 2 is 2.12 bits per heavy atom. The highest BCUT2D eigenvalue weighted by Crippen LogP contribution is 2.14. The third-order valence-corrected chi connectivity index (χ3v) is 3.12. The van der Waals surface area contributed by atoms with E-state index in [0.717, 1.165) is 19.5 Å². The maximum atomic E-state index is 4.31. The molecule has 0 aromatic heterocycles. The Morgan fingerprint density at radius 1 is 1.31 bits per heavy atom. The molecule has 2 heteroatoms. The fourth-order valence-electron chi connectivity index (χ4n) is 2.27. The van der Waals surface area contributed by atoms with E-state index in [1.54, 1.807) is 0 Å². The van der Waals surface area contributed by atoms with Gasteiger partial charge in [-0.05, 0) is 18.4 Å². The lowest BCUT2D eigenvalue weighted by Gasteiger charge is -2.26. The van der Waals surface area contributed by atoms with E-state index in [9.17, 15) is 0 Å². The number of benzene rings is 1. The molecule has 16 heavy (non-hydrogen) atoms. The van der Waals surface area contributed by atoms with Crippen LogP contribution in [0.3, 0.4) is 0 Å². The average Bonchev–Trinajstić information content (AvgIpc) is 2.83. The minimum atomic E-state index is 0.624. The van der Waals surface area contributed by atoms with Gasteiger partial charge in [-0.15, -0.1) is 0 Å². The van der Waals surface area contributed by atoms with Crippen molar-refractivity contribution in [1.82, 2.24) is 4.90 Å². The molecular formula is C14H20N2. The largest absolute Gasteiger partial charge is 0.358 e. The molecule has 0 fully saturated rings. The number of hydrogen-bond acceptors (Lipinski definition) is 2. The lowest BCUT2D eigenvalue weighted by Crippen LogP contribution is -2.34. The molecule has 1 unspecified atom stereocenters. The molecule has 1 aliphatic heterocycles. The van der Waals surface area contributed by atoms with Gasteiger partial charge in [-0.2, -0.15) is 0 Å². The smallest absolute Gasteiger partial charge is 0.0853 e. The summed E-state index contributed by atoms with van der Waals surface area (Å²) in [5.74, 6) is 0. The molecule has 0 radical (unpaired) electrons. The Hall–Kier alpha value is -1.31. The van der Waals surface area contributed by atoms with E-state index in [4.69, 9.17) is 0 Å². The second kappa shape index (κ2) is 5.69. The van der Waals surface area contributed by atoms with Crippen LogP contribution in [0.2, 0.25) is 0 Å². The first-order valence-corrected chi connectivity index (χ1v) is 6.19. The zero-order valence-electron chi connectivity index (χ0n) is 9.97. The van der Waals surface area contributed by atoms with Crippen molar-refractivity contribution in [2.75, 3.05) is 13.1 Å². The van der Waals surface area contributed by atoms with Gasteiger partial charge in [0.1, 0.15) is 0 Å². The molecule has 1 aromatic carbocycles. The van der Waals surface area contributed by atoms with Crippen molar-refractivity contribution in [3.63, 3.8) is 0 Å². The van der Waals surface area contributed by atoms with Crippen LogP contribution in [0.1, 0.15) is 25.3 Å². The molecule has 1 aromatic rings. The quantitative estimate of drug-likeness (QED) is 0.739. The predicted octanol–water partition coefficient (Wildman–Crippen LogP) is 2.74. The van der Waals surface area contributed by atoms with Crippen molar-refractivity contribution in [3.8, 4) is 0 Å². The molecule has 0 saturated heterocycles. The van der Waals surface area contributed by atoms with E-state index in [1.807, 2.05) is 6.34 Å². The number of nitrogens with zero attached hydrogens (tertiary/aromatic N) is 2. The Bertz CT molecular complexity index is 332. The van der Waals surface area contributed by atoms with Gasteiger partial charge in [0.2, 0.25) is 0 Å². The number of hydrogen-bond donors (Lipinski definition) is 0. The fourth-order valence-corrected chi connectivity index (χ4v) is 2.27. The van der Waals surface area contributed by atoms with Crippen LogP contribution in [0.4, 0.5) is 0 Å². The lowest BCUT2D eigenvalue weighted by molar-refractivity contribution is 0.320. The van der Waals surface area contributed by atoms with Gasteiger partial charge >= 0.3 is 0 Å². The zero-order valence-corrected chi connectivity index (χ0v) is 9.97. The first kappa shape index (κ1) is 11.2. The summed E-state index contributed by atoms with van der Waals surface area (Å²) in [6.45, 7) is 4.32. The highest BCUT2D eigenvalue weighted by Gasteiger charge is 2.17. The van der Waals surface area contributed by atoms with Gasteiger partial charge in [-0.25, -0.2) is 0 Å². The van der Waals surface area contributed by atoms with Crippen molar-refractivity contribution in [2.45, 2.75) is 32.2 Å². The van der Waals surface area contributed by atoms with Crippen molar-refractivity contribution in [3.05, 3.63) is 35.9 Å². The molecule has 0 amide bonds. The molecular weight excluding hydrogens is 196 g/mol. The van der Waals surface area contributed by atoms with Gasteiger partial charge in [0, 0.05) is 12.6 Å². The minimum absolute atomic E-state index is 0.624. The Morgan fingerprint density at radius 3 is 2.75 bits per heavy atom. The summed E-state index contributed by atoms with van der Waals surface area (Å²) in [5, 5.41) is 0. The van der Waals surface area contributed by atoms with Crippen LogP contribution < -0.4 is 0 Å². The van der Waals surface area contributed by atoms with E-state index in [1.165, 1.54) is 18.4 Å². The maximum absolute atomic E-state index is 4.31. The summed E-state index contributed by atoms with van der Waals surface area (Å²) < 4.78 is 0. The van der Waals surface area contributed by atoms with Crippen molar-refractivity contribution in [2.24, 2.45) is 4.99 Å². The van der Waals surface area contributed by atoms with Crippen molar-refractivity contribution < 1.29 is 0 Å². The van der Waals surface area contributed by atoms with Gasteiger partial charge < -0.3 is 4.90 Å². The molecule has 2 nitrogen and oxygen atoms in total. The summed E-state index contributed by atoms with van der Waals surface area (Å²) in [6.07, 6.45) is 5.66. The third-order valence-electron chi connectivity index (χ3n) is 3.12. The molecule has 86 valence electrons. The molecule has 0 aliphatic carbocycles. The molecule has 1 aliphatic rings. The van der Waals surface area contributed by atoms with Crippen molar-refractivity contribution in [1.29, 1.82) is 0 Å². The summed E-state index contributed by atoms with van der Waals surface area (Å²) in [5.41, 5.74) is 1.43. The molecule has 0 saturated carbocycles. The average molecular weight is 216 g/mol. The predicted molar refractivity (Wildman–Crippen MR) is 68.9 cm³/mol. The fraction of sp³-hybridized carbons (Fsp3) is 0.500. The monoisotopic (exact) mass is 216 g/mol. The van der Waals surface area contributed by atoms with Crippen LogP contribution in [0, 0.1) is 0 Å². The summed E-state index contributed by atoms with van der Waals surface area (Å²) in [4.78, 5) is 6.71. The van der Waals surface area contributed by atoms with Crippen LogP contribution in [0.25, 0.3) is 0 Å². The standard InChI is InChI=1S/C14H20N2/c1-2-6-14(16-10-9-15-12-16)11-13-7-4-3-5-8-13/h3-5,7-8,12,14H,2,6,9-11H2,1H3. The topological polar surface area (TPSA) is 15.6 Å². The Kier molecular flexibility index (Phi) is 3.97. The van der Waals surface area contributed by atoms with E-state index in [2.05, 4.69) is 47.1 Å². The van der Waals surface area contributed by atoms with E-state index in [-0.39, 0.29) is 0 Å². The number of rotatable bonds is 5. The molecule has 1 heterocycles. The van der Waals surface area contributed by atoms with Gasteiger partial charge in [0.05, 0.1) is 12.9 Å². The van der Waals surface area contributed by atoms with E-state index >= 15 is 0 Å². The van der Waals surface area contributed by atoms with Crippen LogP contribution in [-0.2, 0) is 6.42 Å². The number of aliphatic imine (C=N–C) groups is 1. The first-order valence-electron chi connectivity index (χ1n) is 6.19. The summed E-state index contributed by atoms with van der Waals surface area (Å²) >= 11 is 0. The Balaban J connectivity index is 1.99. The van der Waals surface area contributed by atoms with Crippen LogP contribution in [0.5, 0.6) is 0 Å². The first-order chi connectivity index (χ1) is 7.90. The second-order valence-electron chi connectivity index (χ2n) is 4.39. The van der Waals surface area contributed by atoms with Gasteiger partial charge in [-0.1, -0.05) is 43.7 Å². The lowest BCUT2D eigenvalue weighted by atomic mass is 10.0. The van der Waals surface area contributed by atoms with Gasteiger partial charge in [-0.3, -0.25) is 4.99 Å². The molecule has 0 bridgehead atoms. The minimum Gasteiger partial charge on any atom is -0.358 e. The highest BCUT2D eigenvalue weighted by atomic mass is 15.2. The SMILES string of the molecule is CCCC(Cc1ccccc1)N1C=NCC1. The van der Waals surface area contributed by atoms with Crippen LogP contribution in [-0.4, -0.2) is 30.4 Å². The Labute approximate surface area is 98.0 Å². The molecule has 2 rings (SSSR count). The van der Waals surface area contributed by atoms with Crippen molar-refractivity contribution >= 4 is 6.34 Å². The molecule has 0 spiro atoms. The van der Waals surface area contributed by atoms with E-state index in [0.29, 0.717) is 6.04 Å². The second-order valence-corrected chi connectivity index (χ2v) is 4.39. The molecule has 0 N–H and O–H groups in total. The summed E-state index contributed by atoms with van der Waals surface area (Å²) in [7, 11) is 0. The maximum Gasteiger partial charge on any atom is 0.0853 e.